The fraction of sp³-hybridized carbons (Fsp3) is 0.200. The second-order valence-electron chi connectivity index (χ2n) is 7.18. The molecule has 154 valence electrons. The molecule has 30 heavy (non-hydrogen) atoms. The average Bonchev–Trinajstić information content (AvgIpc) is 2.77. The van der Waals surface area contributed by atoms with E-state index < -0.39 is 6.04 Å². The fourth-order valence-electron chi connectivity index (χ4n) is 3.05. The van der Waals surface area contributed by atoms with E-state index in [1.54, 1.807) is 24.3 Å². The van der Waals surface area contributed by atoms with Gasteiger partial charge in [0, 0.05) is 17.7 Å². The summed E-state index contributed by atoms with van der Waals surface area (Å²) in [6, 6.07) is 24.9. The van der Waals surface area contributed by atoms with Crippen molar-refractivity contribution in [1.82, 2.24) is 10.6 Å². The number of rotatable bonds is 8. The predicted molar refractivity (Wildman–Crippen MR) is 117 cm³/mol. The van der Waals surface area contributed by atoms with Crippen LogP contribution in [0.2, 0.25) is 0 Å². The van der Waals surface area contributed by atoms with E-state index in [-0.39, 0.29) is 17.9 Å². The smallest absolute Gasteiger partial charge is 0.252 e. The molecule has 0 fully saturated rings. The Morgan fingerprint density at radius 2 is 1.43 bits per heavy atom. The van der Waals surface area contributed by atoms with Crippen LogP contribution in [0.5, 0.6) is 5.75 Å². The minimum absolute atomic E-state index is 0.0316. The number of para-hydroxylation sites is 1. The molecule has 1 atom stereocenters. The third-order valence-electron chi connectivity index (χ3n) is 4.49. The summed E-state index contributed by atoms with van der Waals surface area (Å²) < 4.78 is 5.82. The Hall–Kier alpha value is -3.60. The van der Waals surface area contributed by atoms with Crippen molar-refractivity contribution in [3.05, 3.63) is 102 Å². The van der Waals surface area contributed by atoms with E-state index in [1.807, 2.05) is 74.5 Å². The second-order valence-corrected chi connectivity index (χ2v) is 7.18. The van der Waals surface area contributed by atoms with Gasteiger partial charge in [0.1, 0.15) is 11.8 Å². The molecule has 3 aromatic carbocycles. The molecule has 5 heteroatoms. The van der Waals surface area contributed by atoms with Crippen LogP contribution in [0.15, 0.2) is 84.9 Å². The lowest BCUT2D eigenvalue weighted by molar-refractivity contribution is -0.123. The van der Waals surface area contributed by atoms with Gasteiger partial charge in [-0.15, -0.1) is 0 Å². The zero-order valence-corrected chi connectivity index (χ0v) is 17.2. The highest BCUT2D eigenvalue weighted by Crippen LogP contribution is 2.20. The van der Waals surface area contributed by atoms with Gasteiger partial charge in [0.2, 0.25) is 5.91 Å². The van der Waals surface area contributed by atoms with Crippen LogP contribution in [0.3, 0.4) is 0 Å². The molecule has 2 N–H and O–H groups in total. The van der Waals surface area contributed by atoms with Crippen LogP contribution in [-0.2, 0) is 11.3 Å². The Morgan fingerprint density at radius 1 is 0.833 bits per heavy atom. The summed E-state index contributed by atoms with van der Waals surface area (Å²) in [5.41, 5.74) is 2.09. The van der Waals surface area contributed by atoms with Crippen molar-refractivity contribution in [2.45, 2.75) is 32.5 Å². The summed E-state index contributed by atoms with van der Waals surface area (Å²) in [7, 11) is 0. The van der Waals surface area contributed by atoms with Crippen molar-refractivity contribution >= 4 is 11.8 Å². The topological polar surface area (TPSA) is 67.4 Å². The number of carbonyl (C=O) groups excluding carboxylic acids is 2. The Kier molecular flexibility index (Phi) is 7.22. The van der Waals surface area contributed by atoms with Gasteiger partial charge in [-0.1, -0.05) is 66.7 Å². The highest BCUT2D eigenvalue weighted by atomic mass is 16.5. The van der Waals surface area contributed by atoms with Crippen LogP contribution < -0.4 is 15.4 Å². The first-order chi connectivity index (χ1) is 14.5. The standard InChI is InChI=1S/C25H26N2O3/c1-18(2)30-22-16-10-9-15-21(22)17-26-25(29)23(19-11-5-3-6-12-19)27-24(28)20-13-7-4-8-14-20/h3-16,18,23H,17H2,1-2H3,(H,26,29)(H,27,28). The number of benzene rings is 3. The van der Waals surface area contributed by atoms with Crippen LogP contribution in [0, 0.1) is 0 Å². The van der Waals surface area contributed by atoms with Gasteiger partial charge in [-0.3, -0.25) is 9.59 Å². The van der Waals surface area contributed by atoms with Gasteiger partial charge in [0.05, 0.1) is 6.10 Å². The Balaban J connectivity index is 1.76. The second kappa shape index (κ2) is 10.3. The van der Waals surface area contributed by atoms with Crippen molar-refractivity contribution in [2.75, 3.05) is 0 Å². The molecule has 0 radical (unpaired) electrons. The van der Waals surface area contributed by atoms with Crippen LogP contribution in [-0.4, -0.2) is 17.9 Å². The van der Waals surface area contributed by atoms with Crippen molar-refractivity contribution in [3.8, 4) is 5.75 Å². The van der Waals surface area contributed by atoms with Crippen LogP contribution in [0.1, 0.15) is 41.4 Å². The minimum Gasteiger partial charge on any atom is -0.491 e. The predicted octanol–water partition coefficient (Wildman–Crippen LogP) is 4.26. The van der Waals surface area contributed by atoms with E-state index in [1.165, 1.54) is 0 Å². The zero-order valence-electron chi connectivity index (χ0n) is 17.2. The first-order valence-corrected chi connectivity index (χ1v) is 9.97. The number of ether oxygens (including phenoxy) is 1. The van der Waals surface area contributed by atoms with Crippen molar-refractivity contribution in [3.63, 3.8) is 0 Å². The highest BCUT2D eigenvalue weighted by Gasteiger charge is 2.23. The van der Waals surface area contributed by atoms with Gasteiger partial charge < -0.3 is 15.4 Å². The molecular formula is C25H26N2O3. The summed E-state index contributed by atoms with van der Waals surface area (Å²) >= 11 is 0. The van der Waals surface area contributed by atoms with E-state index in [2.05, 4.69) is 10.6 Å². The average molecular weight is 402 g/mol. The molecule has 0 aliphatic carbocycles. The molecule has 0 bridgehead atoms. The van der Waals surface area contributed by atoms with Crippen LogP contribution in [0.4, 0.5) is 0 Å². The SMILES string of the molecule is CC(C)Oc1ccccc1CNC(=O)C(NC(=O)c1ccccc1)c1ccccc1. The first kappa shape index (κ1) is 21.1. The van der Waals surface area contributed by atoms with Gasteiger partial charge in [-0.25, -0.2) is 0 Å². The third-order valence-corrected chi connectivity index (χ3v) is 4.49. The monoisotopic (exact) mass is 402 g/mol. The van der Waals surface area contributed by atoms with Crippen LogP contribution in [0.25, 0.3) is 0 Å². The zero-order chi connectivity index (χ0) is 21.3. The molecule has 1 unspecified atom stereocenters. The first-order valence-electron chi connectivity index (χ1n) is 9.97. The van der Waals surface area contributed by atoms with Crippen LogP contribution >= 0.6 is 0 Å². The molecule has 0 aromatic heterocycles. The van der Waals surface area contributed by atoms with E-state index in [9.17, 15) is 9.59 Å². The summed E-state index contributed by atoms with van der Waals surface area (Å²) in [5.74, 6) is 0.144. The van der Waals surface area contributed by atoms with Gasteiger partial charge >= 0.3 is 0 Å². The van der Waals surface area contributed by atoms with Crippen molar-refractivity contribution < 1.29 is 14.3 Å². The highest BCUT2D eigenvalue weighted by molar-refractivity contribution is 5.97. The lowest BCUT2D eigenvalue weighted by Crippen LogP contribution is -2.40. The van der Waals surface area contributed by atoms with Gasteiger partial charge in [0.25, 0.3) is 5.91 Å². The summed E-state index contributed by atoms with van der Waals surface area (Å²) in [6.45, 7) is 4.21. The number of nitrogens with one attached hydrogen (secondary N) is 2. The maximum absolute atomic E-state index is 13.1. The van der Waals surface area contributed by atoms with Gasteiger partial charge in [-0.2, -0.15) is 0 Å². The number of carbonyl (C=O) groups is 2. The van der Waals surface area contributed by atoms with E-state index >= 15 is 0 Å². The van der Waals surface area contributed by atoms with Gasteiger partial charge in [0.15, 0.2) is 0 Å². The molecule has 0 saturated heterocycles. The third kappa shape index (κ3) is 5.70. The molecular weight excluding hydrogens is 376 g/mol. The molecule has 2 amide bonds. The maximum atomic E-state index is 13.1. The molecule has 0 saturated carbocycles. The largest absolute Gasteiger partial charge is 0.491 e. The molecule has 0 spiro atoms. The lowest BCUT2D eigenvalue weighted by atomic mass is 10.0. The Morgan fingerprint density at radius 3 is 2.10 bits per heavy atom. The van der Waals surface area contributed by atoms with E-state index in [0.29, 0.717) is 17.7 Å². The summed E-state index contributed by atoms with van der Waals surface area (Å²) in [6.07, 6.45) is 0.0316. The van der Waals surface area contributed by atoms with Gasteiger partial charge in [-0.05, 0) is 37.6 Å². The summed E-state index contributed by atoms with van der Waals surface area (Å²) in [5, 5.41) is 5.78. The normalized spacial score (nSPS) is 11.6. The number of hydrogen-bond donors (Lipinski definition) is 2. The fourth-order valence-corrected chi connectivity index (χ4v) is 3.05. The molecule has 3 rings (SSSR count). The Bertz CT molecular complexity index is 972. The maximum Gasteiger partial charge on any atom is 0.252 e. The molecule has 0 aliphatic heterocycles. The van der Waals surface area contributed by atoms with E-state index in [4.69, 9.17) is 4.74 Å². The molecule has 0 heterocycles. The molecule has 5 nitrogen and oxygen atoms in total. The quantitative estimate of drug-likeness (QED) is 0.592. The lowest BCUT2D eigenvalue weighted by Gasteiger charge is -2.20. The van der Waals surface area contributed by atoms with Crippen molar-refractivity contribution in [2.24, 2.45) is 0 Å². The number of hydrogen-bond acceptors (Lipinski definition) is 3. The number of amides is 2. The molecule has 3 aromatic rings. The van der Waals surface area contributed by atoms with E-state index in [0.717, 1.165) is 11.3 Å². The minimum atomic E-state index is -0.808. The Labute approximate surface area is 177 Å². The molecule has 0 aliphatic rings. The van der Waals surface area contributed by atoms with Crippen molar-refractivity contribution in [1.29, 1.82) is 0 Å². The summed E-state index contributed by atoms with van der Waals surface area (Å²) in [4.78, 5) is 25.7.